The van der Waals surface area contributed by atoms with Gasteiger partial charge in [-0.3, -0.25) is 4.79 Å². The Morgan fingerprint density at radius 1 is 1.50 bits per heavy atom. The number of carbonyl (C=O) groups is 1. The zero-order valence-electron chi connectivity index (χ0n) is 10.9. The molecule has 2 heterocycles. The molecule has 0 saturated carbocycles. The number of amides is 1. The van der Waals surface area contributed by atoms with E-state index in [1.807, 2.05) is 20.8 Å². The molecule has 0 aliphatic rings. The molecule has 0 spiro atoms. The molecule has 1 N–H and O–H groups in total. The van der Waals surface area contributed by atoms with Crippen LogP contribution in [0.15, 0.2) is 0 Å². The fourth-order valence-corrected chi connectivity index (χ4v) is 1.63. The van der Waals surface area contributed by atoms with Crippen LogP contribution < -0.4 is 10.5 Å². The summed E-state index contributed by atoms with van der Waals surface area (Å²) in [4.78, 5) is 15.6. The summed E-state index contributed by atoms with van der Waals surface area (Å²) in [6.07, 6.45) is 0.486. The first-order valence-electron chi connectivity index (χ1n) is 6.01. The van der Waals surface area contributed by atoms with E-state index in [0.29, 0.717) is 24.4 Å². The highest BCUT2D eigenvalue weighted by Crippen LogP contribution is 2.09. The molecule has 2 aromatic rings. The Bertz CT molecular complexity index is 618. The SMILES string of the molecule is C=c1c(C)nn2nc(C(C)CNC(=O)CC)nc12. The van der Waals surface area contributed by atoms with E-state index < -0.39 is 0 Å². The van der Waals surface area contributed by atoms with Gasteiger partial charge in [0.15, 0.2) is 11.5 Å². The molecule has 96 valence electrons. The second-order valence-electron chi connectivity index (χ2n) is 4.41. The van der Waals surface area contributed by atoms with Gasteiger partial charge in [0.05, 0.1) is 5.69 Å². The lowest BCUT2D eigenvalue weighted by Gasteiger charge is -2.07. The van der Waals surface area contributed by atoms with Crippen molar-refractivity contribution in [1.29, 1.82) is 0 Å². The second kappa shape index (κ2) is 4.72. The first-order valence-corrected chi connectivity index (χ1v) is 6.01. The van der Waals surface area contributed by atoms with Crippen molar-refractivity contribution in [2.45, 2.75) is 33.1 Å². The highest BCUT2D eigenvalue weighted by molar-refractivity contribution is 5.75. The maximum atomic E-state index is 11.2. The number of rotatable bonds is 4. The van der Waals surface area contributed by atoms with Crippen LogP contribution in [-0.4, -0.2) is 32.3 Å². The molecule has 1 unspecified atom stereocenters. The maximum Gasteiger partial charge on any atom is 0.219 e. The van der Waals surface area contributed by atoms with Gasteiger partial charge >= 0.3 is 0 Å². The maximum absolute atomic E-state index is 11.2. The van der Waals surface area contributed by atoms with Crippen LogP contribution in [-0.2, 0) is 4.79 Å². The van der Waals surface area contributed by atoms with Crippen molar-refractivity contribution in [3.63, 3.8) is 0 Å². The van der Waals surface area contributed by atoms with Gasteiger partial charge in [0, 0.05) is 24.1 Å². The summed E-state index contributed by atoms with van der Waals surface area (Å²) in [5, 5.41) is 12.2. The molecule has 18 heavy (non-hydrogen) atoms. The van der Waals surface area contributed by atoms with Gasteiger partial charge in [-0.1, -0.05) is 20.4 Å². The standard InChI is InChI=1S/C12H17N5O/c1-5-10(18)13-6-7(2)11-14-12-8(3)9(4)15-17(12)16-11/h7H,3,5-6H2,1-2,4H3,(H,13,18). The van der Waals surface area contributed by atoms with Crippen molar-refractivity contribution in [2.24, 2.45) is 0 Å². The van der Waals surface area contributed by atoms with E-state index in [-0.39, 0.29) is 11.8 Å². The molecular weight excluding hydrogens is 230 g/mol. The molecule has 0 radical (unpaired) electrons. The highest BCUT2D eigenvalue weighted by atomic mass is 16.1. The van der Waals surface area contributed by atoms with E-state index >= 15 is 0 Å². The lowest BCUT2D eigenvalue weighted by molar-refractivity contribution is -0.120. The molecule has 1 amide bonds. The van der Waals surface area contributed by atoms with Crippen molar-refractivity contribution >= 4 is 18.1 Å². The Labute approximate surface area is 105 Å². The Hall–Kier alpha value is -1.98. The third-order valence-corrected chi connectivity index (χ3v) is 2.93. The Morgan fingerprint density at radius 3 is 2.83 bits per heavy atom. The third kappa shape index (κ3) is 2.18. The van der Waals surface area contributed by atoms with Crippen molar-refractivity contribution in [2.75, 3.05) is 6.54 Å². The fraction of sp³-hybridized carbons (Fsp3) is 0.500. The minimum atomic E-state index is 0.0341. The molecule has 0 fully saturated rings. The number of fused-ring (bicyclic) bond motifs is 1. The second-order valence-corrected chi connectivity index (χ2v) is 4.41. The Kier molecular flexibility index (Phi) is 3.27. The topological polar surface area (TPSA) is 72.2 Å². The average molecular weight is 247 g/mol. The molecule has 0 aliphatic heterocycles. The highest BCUT2D eigenvalue weighted by Gasteiger charge is 2.15. The summed E-state index contributed by atoms with van der Waals surface area (Å²) in [7, 11) is 0. The summed E-state index contributed by atoms with van der Waals surface area (Å²) >= 11 is 0. The number of hydrogen-bond donors (Lipinski definition) is 1. The zero-order chi connectivity index (χ0) is 13.3. The third-order valence-electron chi connectivity index (χ3n) is 2.93. The van der Waals surface area contributed by atoms with Crippen LogP contribution >= 0.6 is 0 Å². The molecule has 0 aliphatic carbocycles. The molecular formula is C12H17N5O. The Balaban J connectivity index is 2.16. The van der Waals surface area contributed by atoms with Gasteiger partial charge in [-0.05, 0) is 6.92 Å². The minimum Gasteiger partial charge on any atom is -0.355 e. The van der Waals surface area contributed by atoms with E-state index in [1.165, 1.54) is 4.63 Å². The van der Waals surface area contributed by atoms with E-state index in [0.717, 1.165) is 10.9 Å². The summed E-state index contributed by atoms with van der Waals surface area (Å²) in [6, 6.07) is 0. The molecule has 0 saturated heterocycles. The summed E-state index contributed by atoms with van der Waals surface area (Å²) in [6.45, 7) is 10.1. The first kappa shape index (κ1) is 12.5. The van der Waals surface area contributed by atoms with Crippen LogP contribution in [0.4, 0.5) is 0 Å². The van der Waals surface area contributed by atoms with Crippen molar-refractivity contribution in [1.82, 2.24) is 25.1 Å². The van der Waals surface area contributed by atoms with Gasteiger partial charge in [-0.15, -0.1) is 9.73 Å². The van der Waals surface area contributed by atoms with E-state index in [9.17, 15) is 4.79 Å². The predicted molar refractivity (Wildman–Crippen MR) is 68.0 cm³/mol. The normalized spacial score (nSPS) is 12.8. The smallest absolute Gasteiger partial charge is 0.219 e. The van der Waals surface area contributed by atoms with E-state index in [1.54, 1.807) is 0 Å². The van der Waals surface area contributed by atoms with Gasteiger partial charge in [0.1, 0.15) is 0 Å². The molecule has 0 bridgehead atoms. The van der Waals surface area contributed by atoms with Crippen LogP contribution in [0.5, 0.6) is 0 Å². The molecule has 1 atom stereocenters. The lowest BCUT2D eigenvalue weighted by Crippen LogP contribution is -2.27. The lowest BCUT2D eigenvalue weighted by atomic mass is 10.1. The van der Waals surface area contributed by atoms with Gasteiger partial charge in [-0.2, -0.15) is 5.10 Å². The van der Waals surface area contributed by atoms with Crippen LogP contribution in [0.2, 0.25) is 0 Å². The monoisotopic (exact) mass is 247 g/mol. The predicted octanol–water partition coefficient (Wildman–Crippen LogP) is 0.192. The van der Waals surface area contributed by atoms with E-state index in [2.05, 4.69) is 27.1 Å². The van der Waals surface area contributed by atoms with Gasteiger partial charge in [0.25, 0.3) is 0 Å². The Morgan fingerprint density at radius 2 is 2.22 bits per heavy atom. The van der Waals surface area contributed by atoms with Crippen LogP contribution in [0.1, 0.15) is 37.7 Å². The van der Waals surface area contributed by atoms with Crippen molar-refractivity contribution in [3.05, 3.63) is 16.7 Å². The molecule has 6 heteroatoms. The number of nitrogens with zero attached hydrogens (tertiary/aromatic N) is 4. The zero-order valence-corrected chi connectivity index (χ0v) is 10.9. The summed E-state index contributed by atoms with van der Waals surface area (Å²) < 4.78 is 1.51. The number of aryl methyl sites for hydroxylation is 1. The number of carbonyl (C=O) groups excluding carboxylic acids is 1. The van der Waals surface area contributed by atoms with Crippen molar-refractivity contribution < 1.29 is 4.79 Å². The number of nitrogens with one attached hydrogen (secondary N) is 1. The van der Waals surface area contributed by atoms with Crippen LogP contribution in [0.25, 0.3) is 12.2 Å². The molecule has 2 aromatic heterocycles. The fourth-order valence-electron chi connectivity index (χ4n) is 1.63. The van der Waals surface area contributed by atoms with Gasteiger partial charge in [0.2, 0.25) is 5.91 Å². The molecule has 0 aromatic carbocycles. The molecule has 6 nitrogen and oxygen atoms in total. The van der Waals surface area contributed by atoms with Crippen LogP contribution in [0, 0.1) is 6.92 Å². The van der Waals surface area contributed by atoms with Crippen LogP contribution in [0.3, 0.4) is 0 Å². The number of aromatic nitrogens is 4. The average Bonchev–Trinajstić information content (AvgIpc) is 2.87. The summed E-state index contributed by atoms with van der Waals surface area (Å²) in [5.41, 5.74) is 1.53. The minimum absolute atomic E-state index is 0.0341. The largest absolute Gasteiger partial charge is 0.355 e. The quantitative estimate of drug-likeness (QED) is 0.837. The first-order chi connectivity index (χ1) is 8.52. The van der Waals surface area contributed by atoms with Gasteiger partial charge < -0.3 is 5.32 Å². The summed E-state index contributed by atoms with van der Waals surface area (Å²) in [5.74, 6) is 0.771. The number of hydrogen-bond acceptors (Lipinski definition) is 4. The van der Waals surface area contributed by atoms with Gasteiger partial charge in [-0.25, -0.2) is 4.98 Å². The molecule has 2 rings (SSSR count). The van der Waals surface area contributed by atoms with Crippen molar-refractivity contribution in [3.8, 4) is 0 Å². The van der Waals surface area contributed by atoms with E-state index in [4.69, 9.17) is 0 Å².